The van der Waals surface area contributed by atoms with E-state index in [0.717, 1.165) is 0 Å². The molecule has 0 saturated heterocycles. The Morgan fingerprint density at radius 3 is 1.71 bits per heavy atom. The van der Waals surface area contributed by atoms with Gasteiger partial charge in [-0.2, -0.15) is 0 Å². The molecule has 1 radical (unpaired) electrons. The van der Waals surface area contributed by atoms with Crippen LogP contribution in [0.4, 0.5) is 0 Å². The Morgan fingerprint density at radius 2 is 1.03 bits per heavy atom. The lowest BCUT2D eigenvalue weighted by Crippen LogP contribution is -2.28. The summed E-state index contributed by atoms with van der Waals surface area (Å²) in [5.74, 6) is 0. The molecule has 0 unspecified atom stereocenters. The van der Waals surface area contributed by atoms with Crippen molar-refractivity contribution in [2.45, 2.75) is 5.41 Å². The lowest BCUT2D eigenvalue weighted by molar-refractivity contribution is 0.769. The minimum absolute atomic E-state index is 0.342. The average Bonchev–Trinajstić information content (AvgIpc) is 3.17. The zero-order valence-corrected chi connectivity index (χ0v) is 17.1. The summed E-state index contributed by atoms with van der Waals surface area (Å²) in [5, 5.41) is 0. The highest BCUT2D eigenvalue weighted by atomic mass is 14.5. The number of rotatable bonds is 3. The maximum Gasteiger partial charge on any atom is 0.0713 e. The molecule has 1 aliphatic rings. The summed E-state index contributed by atoms with van der Waals surface area (Å²) in [6.45, 7) is 0. The molecular formula is C31H21. The summed E-state index contributed by atoms with van der Waals surface area (Å²) in [5.41, 5.74) is 10.0. The van der Waals surface area contributed by atoms with Gasteiger partial charge >= 0.3 is 0 Å². The van der Waals surface area contributed by atoms with E-state index in [9.17, 15) is 0 Å². The summed E-state index contributed by atoms with van der Waals surface area (Å²) in [7, 11) is 0. The van der Waals surface area contributed by atoms with Crippen molar-refractivity contribution in [3.63, 3.8) is 0 Å². The van der Waals surface area contributed by atoms with Crippen LogP contribution >= 0.6 is 0 Å². The van der Waals surface area contributed by atoms with Crippen LogP contribution in [0.2, 0.25) is 0 Å². The van der Waals surface area contributed by atoms with E-state index in [-0.39, 0.29) is 5.41 Å². The fraction of sp³-hybridized carbons (Fsp3) is 0.0323. The molecule has 0 heterocycles. The minimum atomic E-state index is -0.342. The summed E-state index contributed by atoms with van der Waals surface area (Å²) >= 11 is 0. The van der Waals surface area contributed by atoms with Crippen molar-refractivity contribution < 1.29 is 0 Å². The van der Waals surface area contributed by atoms with Crippen LogP contribution in [0.3, 0.4) is 0 Å². The van der Waals surface area contributed by atoms with Gasteiger partial charge in [-0.3, -0.25) is 0 Å². The van der Waals surface area contributed by atoms with E-state index in [2.05, 4.69) is 121 Å². The third kappa shape index (κ3) is 2.62. The van der Waals surface area contributed by atoms with Crippen LogP contribution in [0.5, 0.6) is 0 Å². The smallest absolute Gasteiger partial charge is 0.0622 e. The molecule has 0 aromatic heterocycles. The highest BCUT2D eigenvalue weighted by molar-refractivity contribution is 5.86. The van der Waals surface area contributed by atoms with Gasteiger partial charge < -0.3 is 0 Å². The standard InChI is InChI=1S/C31H21/c1-3-12-23(13-4-1)24-14-11-17-26(22-24)31(25-15-5-2-6-16-25)29-20-9-7-18-27(29)28-19-8-10-21-30(28)31/h2-22H. The fourth-order valence-corrected chi connectivity index (χ4v) is 5.22. The van der Waals surface area contributed by atoms with Gasteiger partial charge in [-0.05, 0) is 56.6 Å². The number of benzene rings is 5. The van der Waals surface area contributed by atoms with E-state index in [1.807, 2.05) is 12.1 Å². The van der Waals surface area contributed by atoms with Crippen LogP contribution < -0.4 is 0 Å². The molecule has 6 rings (SSSR count). The molecule has 0 spiro atoms. The highest BCUT2D eigenvalue weighted by Crippen LogP contribution is 2.56. The van der Waals surface area contributed by atoms with E-state index < -0.39 is 0 Å². The average molecular weight is 394 g/mol. The first-order chi connectivity index (χ1) is 15.4. The van der Waals surface area contributed by atoms with E-state index in [0.29, 0.717) is 0 Å². The van der Waals surface area contributed by atoms with Crippen molar-refractivity contribution in [3.8, 4) is 22.3 Å². The molecule has 0 saturated carbocycles. The van der Waals surface area contributed by atoms with Crippen molar-refractivity contribution >= 4 is 0 Å². The van der Waals surface area contributed by atoms with Crippen molar-refractivity contribution in [1.82, 2.24) is 0 Å². The Labute approximate surface area is 183 Å². The monoisotopic (exact) mass is 393 g/mol. The Hall–Kier alpha value is -3.90. The second-order valence-corrected chi connectivity index (χ2v) is 8.08. The number of fused-ring (bicyclic) bond motifs is 3. The maximum absolute atomic E-state index is 3.13. The molecule has 0 aliphatic heterocycles. The van der Waals surface area contributed by atoms with Crippen LogP contribution in [0.1, 0.15) is 22.3 Å². The van der Waals surface area contributed by atoms with E-state index in [1.54, 1.807) is 0 Å². The maximum atomic E-state index is 3.13. The van der Waals surface area contributed by atoms with Crippen LogP contribution in [0.15, 0.2) is 127 Å². The zero-order chi connectivity index (χ0) is 20.7. The molecule has 0 amide bonds. The summed E-state index contributed by atoms with van der Waals surface area (Å²) < 4.78 is 0. The van der Waals surface area contributed by atoms with Crippen LogP contribution in [-0.4, -0.2) is 0 Å². The SMILES string of the molecule is [c]1ccc(-c2cccc(C3(c4ccccc4)c4ccccc4-c4ccccc43)c2)cc1. The van der Waals surface area contributed by atoms with Crippen LogP contribution in [-0.2, 0) is 5.41 Å². The molecule has 0 N–H and O–H groups in total. The highest BCUT2D eigenvalue weighted by Gasteiger charge is 2.45. The summed E-state index contributed by atoms with van der Waals surface area (Å²) in [6.07, 6.45) is 0. The first kappa shape index (κ1) is 17.9. The Morgan fingerprint density at radius 1 is 0.452 bits per heavy atom. The third-order valence-corrected chi connectivity index (χ3v) is 6.51. The molecule has 0 heteroatoms. The molecule has 145 valence electrons. The van der Waals surface area contributed by atoms with Crippen LogP contribution in [0.25, 0.3) is 22.3 Å². The normalized spacial score (nSPS) is 13.4. The predicted octanol–water partition coefficient (Wildman–Crippen LogP) is 7.52. The second kappa shape index (κ2) is 7.11. The number of hydrogen-bond acceptors (Lipinski definition) is 0. The lowest BCUT2D eigenvalue weighted by atomic mass is 9.67. The van der Waals surface area contributed by atoms with Crippen LogP contribution in [0, 0.1) is 6.07 Å². The molecular weight excluding hydrogens is 372 g/mol. The number of hydrogen-bond donors (Lipinski definition) is 0. The molecule has 5 aromatic carbocycles. The van der Waals surface area contributed by atoms with Gasteiger partial charge in [-0.15, -0.1) is 0 Å². The Kier molecular flexibility index (Phi) is 4.11. The predicted molar refractivity (Wildman–Crippen MR) is 128 cm³/mol. The molecule has 1 aliphatic carbocycles. The van der Waals surface area contributed by atoms with Crippen molar-refractivity contribution in [2.75, 3.05) is 0 Å². The summed E-state index contributed by atoms with van der Waals surface area (Å²) in [4.78, 5) is 0. The molecule has 0 nitrogen and oxygen atoms in total. The summed E-state index contributed by atoms with van der Waals surface area (Å²) in [6, 6.07) is 49.1. The minimum Gasteiger partial charge on any atom is -0.0622 e. The second-order valence-electron chi connectivity index (χ2n) is 8.08. The largest absolute Gasteiger partial charge is 0.0713 e. The molecule has 5 aromatic rings. The van der Waals surface area contributed by atoms with Gasteiger partial charge in [-0.25, -0.2) is 0 Å². The van der Waals surface area contributed by atoms with Gasteiger partial charge in [0.2, 0.25) is 0 Å². The first-order valence-corrected chi connectivity index (χ1v) is 10.7. The molecule has 0 atom stereocenters. The van der Waals surface area contributed by atoms with Gasteiger partial charge in [0.15, 0.2) is 0 Å². The Bertz CT molecular complexity index is 1320. The quantitative estimate of drug-likeness (QED) is 0.292. The molecule has 0 fully saturated rings. The van der Waals surface area contributed by atoms with Gasteiger partial charge in [0.05, 0.1) is 5.41 Å². The van der Waals surface area contributed by atoms with Gasteiger partial charge in [-0.1, -0.05) is 121 Å². The van der Waals surface area contributed by atoms with Crippen molar-refractivity contribution in [1.29, 1.82) is 0 Å². The van der Waals surface area contributed by atoms with E-state index >= 15 is 0 Å². The van der Waals surface area contributed by atoms with E-state index in [1.165, 1.54) is 44.5 Å². The van der Waals surface area contributed by atoms with Gasteiger partial charge in [0, 0.05) is 0 Å². The van der Waals surface area contributed by atoms with E-state index in [4.69, 9.17) is 0 Å². The van der Waals surface area contributed by atoms with Gasteiger partial charge in [0.1, 0.15) is 0 Å². The first-order valence-electron chi connectivity index (χ1n) is 10.7. The third-order valence-electron chi connectivity index (χ3n) is 6.51. The lowest BCUT2D eigenvalue weighted by Gasteiger charge is -2.34. The van der Waals surface area contributed by atoms with Crippen molar-refractivity contribution in [3.05, 3.63) is 156 Å². The van der Waals surface area contributed by atoms with Gasteiger partial charge in [0.25, 0.3) is 0 Å². The zero-order valence-electron chi connectivity index (χ0n) is 17.1. The molecule has 31 heavy (non-hydrogen) atoms. The molecule has 0 bridgehead atoms. The van der Waals surface area contributed by atoms with Crippen molar-refractivity contribution in [2.24, 2.45) is 0 Å². The fourth-order valence-electron chi connectivity index (χ4n) is 5.22. The Balaban J connectivity index is 1.72. The topological polar surface area (TPSA) is 0 Å².